The third-order valence-electron chi connectivity index (χ3n) is 4.44. The van der Waals surface area contributed by atoms with E-state index in [4.69, 9.17) is 18.3 Å². The summed E-state index contributed by atoms with van der Waals surface area (Å²) in [5.41, 5.74) is 1.61. The van der Waals surface area contributed by atoms with Crippen LogP contribution in [0.5, 0.6) is 11.5 Å². The minimum Gasteiger partial charge on any atom is -0.463 e. The van der Waals surface area contributed by atoms with Gasteiger partial charge in [0.15, 0.2) is 17.3 Å². The Morgan fingerprint density at radius 3 is 2.69 bits per heavy atom. The molecule has 2 aromatic heterocycles. The summed E-state index contributed by atoms with van der Waals surface area (Å²) in [6, 6.07) is 12.3. The highest BCUT2D eigenvalue weighted by molar-refractivity contribution is 6.02. The van der Waals surface area contributed by atoms with Crippen molar-refractivity contribution in [1.82, 2.24) is 5.01 Å². The molecule has 7 nitrogen and oxygen atoms in total. The Labute approximate surface area is 148 Å². The van der Waals surface area contributed by atoms with Gasteiger partial charge >= 0.3 is 5.91 Å². The molecule has 0 bridgehead atoms. The predicted octanol–water partition coefficient (Wildman–Crippen LogP) is 3.59. The summed E-state index contributed by atoms with van der Waals surface area (Å²) >= 11 is 0. The number of hydrogen-bond donors (Lipinski definition) is 0. The van der Waals surface area contributed by atoms with Crippen LogP contribution in [0.4, 0.5) is 0 Å². The number of hydrogen-bond acceptors (Lipinski definition) is 6. The van der Waals surface area contributed by atoms with Gasteiger partial charge in [-0.3, -0.25) is 4.79 Å². The van der Waals surface area contributed by atoms with Crippen molar-refractivity contribution >= 4 is 11.6 Å². The fraction of sp³-hybridized carbons (Fsp3) is 0.158. The molecule has 1 atom stereocenters. The van der Waals surface area contributed by atoms with Crippen molar-refractivity contribution in [3.05, 3.63) is 72.1 Å². The molecule has 0 N–H and O–H groups in total. The summed E-state index contributed by atoms with van der Waals surface area (Å²) in [7, 11) is 0. The van der Waals surface area contributed by atoms with Crippen LogP contribution in [-0.4, -0.2) is 23.4 Å². The second kappa shape index (κ2) is 5.80. The molecule has 0 saturated heterocycles. The molecule has 2 aliphatic heterocycles. The average Bonchev–Trinajstić information content (AvgIpc) is 3.47. The second-order valence-electron chi connectivity index (χ2n) is 5.98. The van der Waals surface area contributed by atoms with E-state index < -0.39 is 0 Å². The third-order valence-corrected chi connectivity index (χ3v) is 4.44. The van der Waals surface area contributed by atoms with E-state index in [-0.39, 0.29) is 24.5 Å². The Morgan fingerprint density at radius 2 is 1.88 bits per heavy atom. The number of carbonyl (C=O) groups is 1. The van der Waals surface area contributed by atoms with E-state index in [0.717, 1.165) is 5.56 Å². The monoisotopic (exact) mass is 350 g/mol. The predicted molar refractivity (Wildman–Crippen MR) is 90.0 cm³/mol. The van der Waals surface area contributed by atoms with Gasteiger partial charge in [-0.05, 0) is 42.0 Å². The Kier molecular flexibility index (Phi) is 3.31. The number of furan rings is 2. The van der Waals surface area contributed by atoms with Gasteiger partial charge in [0.2, 0.25) is 6.79 Å². The zero-order valence-corrected chi connectivity index (χ0v) is 13.6. The SMILES string of the molecule is O=C(c1ccco1)N1N=C(c2ccco2)CC1c1ccc2c(c1)OCO2. The van der Waals surface area contributed by atoms with Crippen molar-refractivity contribution in [1.29, 1.82) is 0 Å². The number of ether oxygens (including phenoxy) is 2. The van der Waals surface area contributed by atoms with E-state index in [1.807, 2.05) is 24.3 Å². The lowest BCUT2D eigenvalue weighted by atomic mass is 10.00. The molecule has 4 heterocycles. The molecule has 7 heteroatoms. The van der Waals surface area contributed by atoms with Crippen molar-refractivity contribution in [2.24, 2.45) is 5.10 Å². The molecule has 0 fully saturated rings. The topological polar surface area (TPSA) is 77.4 Å². The fourth-order valence-corrected chi connectivity index (χ4v) is 3.18. The summed E-state index contributed by atoms with van der Waals surface area (Å²) in [5.74, 6) is 1.94. The van der Waals surface area contributed by atoms with Crippen molar-refractivity contribution < 1.29 is 23.1 Å². The molecule has 0 radical (unpaired) electrons. The first kappa shape index (κ1) is 14.8. The van der Waals surface area contributed by atoms with E-state index in [9.17, 15) is 4.79 Å². The van der Waals surface area contributed by atoms with Crippen LogP contribution < -0.4 is 9.47 Å². The Morgan fingerprint density at radius 1 is 1.04 bits per heavy atom. The zero-order valence-electron chi connectivity index (χ0n) is 13.6. The summed E-state index contributed by atoms with van der Waals surface area (Å²) in [6.07, 6.45) is 3.58. The van der Waals surface area contributed by atoms with Gasteiger partial charge in [0.1, 0.15) is 11.5 Å². The highest BCUT2D eigenvalue weighted by Gasteiger charge is 2.36. The number of nitrogens with zero attached hydrogens (tertiary/aromatic N) is 2. The average molecular weight is 350 g/mol. The standard InChI is InChI=1S/C19H14N2O5/c22-19(17-4-2-8-24-17)21-14(10-13(20-21)15-3-1-7-23-15)12-5-6-16-18(9-12)26-11-25-16/h1-9,14H,10-11H2. The van der Waals surface area contributed by atoms with Gasteiger partial charge in [0, 0.05) is 6.42 Å². The van der Waals surface area contributed by atoms with Crippen molar-refractivity contribution in [3.8, 4) is 11.5 Å². The van der Waals surface area contributed by atoms with Crippen LogP contribution in [-0.2, 0) is 0 Å². The maximum Gasteiger partial charge on any atom is 0.310 e. The van der Waals surface area contributed by atoms with Crippen LogP contribution in [0.1, 0.15) is 34.3 Å². The maximum absolute atomic E-state index is 12.9. The Bertz CT molecular complexity index is 976. The van der Waals surface area contributed by atoms with Crippen LogP contribution in [0.3, 0.4) is 0 Å². The lowest BCUT2D eigenvalue weighted by molar-refractivity contribution is 0.0678. The number of fused-ring (bicyclic) bond motifs is 1. The summed E-state index contributed by atoms with van der Waals surface area (Å²) in [6.45, 7) is 0.201. The molecule has 1 amide bonds. The highest BCUT2D eigenvalue weighted by Crippen LogP contribution is 2.39. The lowest BCUT2D eigenvalue weighted by Gasteiger charge is -2.21. The van der Waals surface area contributed by atoms with Gasteiger partial charge in [-0.15, -0.1) is 0 Å². The molecular weight excluding hydrogens is 336 g/mol. The molecule has 26 heavy (non-hydrogen) atoms. The Balaban J connectivity index is 1.53. The minimum atomic E-state index is -0.306. The molecule has 0 saturated carbocycles. The molecule has 130 valence electrons. The molecule has 3 aromatic rings. The molecule has 0 spiro atoms. The van der Waals surface area contributed by atoms with E-state index in [2.05, 4.69) is 5.10 Å². The van der Waals surface area contributed by atoms with Gasteiger partial charge in [0.05, 0.1) is 18.6 Å². The maximum atomic E-state index is 12.9. The number of benzene rings is 1. The molecule has 5 rings (SSSR count). The van der Waals surface area contributed by atoms with Gasteiger partial charge in [-0.25, -0.2) is 5.01 Å². The smallest absolute Gasteiger partial charge is 0.310 e. The summed E-state index contributed by atoms with van der Waals surface area (Å²) in [4.78, 5) is 12.9. The van der Waals surface area contributed by atoms with E-state index in [1.165, 1.54) is 11.3 Å². The van der Waals surface area contributed by atoms with Crippen molar-refractivity contribution in [2.75, 3.05) is 6.79 Å². The second-order valence-corrected chi connectivity index (χ2v) is 5.98. The zero-order chi connectivity index (χ0) is 17.5. The van der Waals surface area contributed by atoms with Crippen LogP contribution in [0.15, 0.2) is 68.9 Å². The molecule has 1 aromatic carbocycles. The summed E-state index contributed by atoms with van der Waals surface area (Å²) in [5, 5.41) is 5.95. The number of amides is 1. The number of hydrazone groups is 1. The van der Waals surface area contributed by atoms with E-state index in [0.29, 0.717) is 29.4 Å². The molecule has 1 unspecified atom stereocenters. The highest BCUT2D eigenvalue weighted by atomic mass is 16.7. The van der Waals surface area contributed by atoms with Gasteiger partial charge in [-0.2, -0.15) is 5.10 Å². The largest absolute Gasteiger partial charge is 0.463 e. The lowest BCUT2D eigenvalue weighted by Crippen LogP contribution is -2.26. The van der Waals surface area contributed by atoms with Crippen LogP contribution in [0, 0.1) is 0 Å². The molecular formula is C19H14N2O5. The quantitative estimate of drug-likeness (QED) is 0.721. The first-order valence-electron chi connectivity index (χ1n) is 8.17. The fourth-order valence-electron chi connectivity index (χ4n) is 3.18. The van der Waals surface area contributed by atoms with Gasteiger partial charge < -0.3 is 18.3 Å². The van der Waals surface area contributed by atoms with Gasteiger partial charge in [-0.1, -0.05) is 6.07 Å². The molecule has 0 aliphatic carbocycles. The third kappa shape index (κ3) is 2.36. The van der Waals surface area contributed by atoms with Crippen LogP contribution >= 0.6 is 0 Å². The van der Waals surface area contributed by atoms with Crippen molar-refractivity contribution in [3.63, 3.8) is 0 Å². The summed E-state index contributed by atoms with van der Waals surface area (Å²) < 4.78 is 21.6. The minimum absolute atomic E-state index is 0.201. The van der Waals surface area contributed by atoms with Crippen LogP contribution in [0.25, 0.3) is 0 Å². The van der Waals surface area contributed by atoms with E-state index in [1.54, 1.807) is 24.5 Å². The Hall–Kier alpha value is -3.48. The molecule has 2 aliphatic rings. The first-order valence-corrected chi connectivity index (χ1v) is 8.17. The number of carbonyl (C=O) groups excluding carboxylic acids is 1. The normalized spacial score (nSPS) is 18.2. The van der Waals surface area contributed by atoms with E-state index >= 15 is 0 Å². The van der Waals surface area contributed by atoms with Gasteiger partial charge in [0.25, 0.3) is 0 Å². The van der Waals surface area contributed by atoms with Crippen LogP contribution in [0.2, 0.25) is 0 Å². The number of rotatable bonds is 3. The first-order chi connectivity index (χ1) is 12.8. The van der Waals surface area contributed by atoms with Crippen molar-refractivity contribution in [2.45, 2.75) is 12.5 Å².